The maximum atomic E-state index is 13.5. The molecule has 0 fully saturated rings. The minimum atomic E-state index is -0.653. The predicted octanol–water partition coefficient (Wildman–Crippen LogP) is 6.66. The third-order valence-electron chi connectivity index (χ3n) is 5.39. The van der Waals surface area contributed by atoms with E-state index in [0.717, 1.165) is 16.7 Å². The highest BCUT2D eigenvalue weighted by molar-refractivity contribution is 7.99. The molecule has 1 atom stereocenters. The van der Waals surface area contributed by atoms with Crippen molar-refractivity contribution in [1.29, 1.82) is 0 Å². The molecular formula is C27H27Cl3N2O2S. The summed E-state index contributed by atoms with van der Waals surface area (Å²) in [5.74, 6) is 0.463. The van der Waals surface area contributed by atoms with Crippen LogP contribution in [0.3, 0.4) is 0 Å². The lowest BCUT2D eigenvalue weighted by Gasteiger charge is -2.31. The van der Waals surface area contributed by atoms with Gasteiger partial charge in [-0.25, -0.2) is 0 Å². The van der Waals surface area contributed by atoms with E-state index < -0.39 is 6.04 Å². The van der Waals surface area contributed by atoms with Crippen molar-refractivity contribution in [3.8, 4) is 0 Å². The van der Waals surface area contributed by atoms with Gasteiger partial charge in [-0.15, -0.1) is 11.8 Å². The molecular weight excluding hydrogens is 523 g/mol. The van der Waals surface area contributed by atoms with Crippen molar-refractivity contribution in [3.05, 3.63) is 105 Å². The van der Waals surface area contributed by atoms with Crippen LogP contribution in [0.4, 0.5) is 0 Å². The fourth-order valence-electron chi connectivity index (χ4n) is 3.60. The molecule has 1 N–H and O–H groups in total. The minimum absolute atomic E-state index is 0.123. The van der Waals surface area contributed by atoms with Crippen molar-refractivity contribution in [2.75, 3.05) is 12.3 Å². The molecule has 0 aliphatic heterocycles. The van der Waals surface area contributed by atoms with Crippen molar-refractivity contribution < 1.29 is 9.59 Å². The molecule has 0 unspecified atom stereocenters. The van der Waals surface area contributed by atoms with Gasteiger partial charge in [0.2, 0.25) is 11.8 Å². The summed E-state index contributed by atoms with van der Waals surface area (Å²) in [4.78, 5) is 28.3. The minimum Gasteiger partial charge on any atom is -0.355 e. The number of carbonyl (C=O) groups excluding carboxylic acids is 2. The Morgan fingerprint density at radius 3 is 2.26 bits per heavy atom. The number of hydrogen-bond acceptors (Lipinski definition) is 3. The summed E-state index contributed by atoms with van der Waals surface area (Å²) in [6.07, 6.45) is 0.416. The zero-order valence-electron chi connectivity index (χ0n) is 19.3. The highest BCUT2D eigenvalue weighted by atomic mass is 35.5. The van der Waals surface area contributed by atoms with Crippen LogP contribution >= 0.6 is 46.6 Å². The van der Waals surface area contributed by atoms with Crippen LogP contribution < -0.4 is 5.32 Å². The Labute approximate surface area is 225 Å². The van der Waals surface area contributed by atoms with E-state index in [-0.39, 0.29) is 17.6 Å². The molecule has 0 aliphatic carbocycles. The van der Waals surface area contributed by atoms with E-state index in [2.05, 4.69) is 5.32 Å². The number of rotatable bonds is 11. The molecule has 0 saturated heterocycles. The zero-order chi connectivity index (χ0) is 25.2. The van der Waals surface area contributed by atoms with E-state index >= 15 is 0 Å². The second-order valence-electron chi connectivity index (χ2n) is 7.98. The van der Waals surface area contributed by atoms with Crippen LogP contribution in [0.25, 0.3) is 0 Å². The van der Waals surface area contributed by atoms with Crippen molar-refractivity contribution in [1.82, 2.24) is 10.2 Å². The lowest BCUT2D eigenvalue weighted by Crippen LogP contribution is -2.51. The van der Waals surface area contributed by atoms with Gasteiger partial charge in [0.05, 0.1) is 5.75 Å². The Bertz CT molecular complexity index is 1130. The van der Waals surface area contributed by atoms with E-state index in [1.165, 1.54) is 11.8 Å². The van der Waals surface area contributed by atoms with Crippen molar-refractivity contribution >= 4 is 58.4 Å². The van der Waals surface area contributed by atoms with Crippen molar-refractivity contribution in [2.24, 2.45) is 0 Å². The predicted molar refractivity (Wildman–Crippen MR) is 147 cm³/mol. The number of nitrogens with zero attached hydrogens (tertiary/aromatic N) is 1. The molecule has 184 valence electrons. The Balaban J connectivity index is 1.82. The fourth-order valence-corrected chi connectivity index (χ4v) is 5.20. The first kappa shape index (κ1) is 27.4. The standard InChI is InChI=1S/C27H27Cl3N2O2S/c1-2-31-27(34)25(14-19-6-4-3-5-7-19)32(16-20-8-11-22(28)12-9-20)26(33)18-35-17-21-10-13-23(29)15-24(21)30/h3-13,15,25H,2,14,16-18H2,1H3,(H,31,34)/t25-/m0/s1. The van der Waals surface area contributed by atoms with Gasteiger partial charge in [0.1, 0.15) is 6.04 Å². The molecule has 0 bridgehead atoms. The molecule has 3 aromatic rings. The van der Waals surface area contributed by atoms with Gasteiger partial charge in [0.25, 0.3) is 0 Å². The molecule has 8 heteroatoms. The van der Waals surface area contributed by atoms with Gasteiger partial charge in [0.15, 0.2) is 0 Å². The lowest BCUT2D eigenvalue weighted by atomic mass is 10.0. The number of amides is 2. The molecule has 3 rings (SSSR count). The first-order chi connectivity index (χ1) is 16.9. The number of nitrogens with one attached hydrogen (secondary N) is 1. The number of carbonyl (C=O) groups is 2. The van der Waals surface area contributed by atoms with E-state index in [4.69, 9.17) is 34.8 Å². The van der Waals surface area contributed by atoms with Gasteiger partial charge in [-0.2, -0.15) is 0 Å². The first-order valence-corrected chi connectivity index (χ1v) is 13.5. The van der Waals surface area contributed by atoms with E-state index in [0.29, 0.717) is 40.3 Å². The van der Waals surface area contributed by atoms with Crippen LogP contribution in [-0.2, 0) is 28.3 Å². The molecule has 35 heavy (non-hydrogen) atoms. The molecule has 4 nitrogen and oxygen atoms in total. The second-order valence-corrected chi connectivity index (χ2v) is 10.2. The third kappa shape index (κ3) is 8.46. The van der Waals surface area contributed by atoms with Crippen LogP contribution in [0.15, 0.2) is 72.8 Å². The second kappa shape index (κ2) is 13.8. The molecule has 0 aromatic heterocycles. The summed E-state index contributed by atoms with van der Waals surface area (Å²) >= 11 is 19.8. The topological polar surface area (TPSA) is 49.4 Å². The molecule has 0 spiro atoms. The quantitative estimate of drug-likeness (QED) is 0.291. The molecule has 0 radical (unpaired) electrons. The van der Waals surface area contributed by atoms with Gasteiger partial charge in [-0.05, 0) is 47.9 Å². The number of likely N-dealkylation sites (N-methyl/N-ethyl adjacent to an activating group) is 1. The number of halogens is 3. The lowest BCUT2D eigenvalue weighted by molar-refractivity contribution is -0.139. The zero-order valence-corrected chi connectivity index (χ0v) is 22.4. The Hall–Kier alpha value is -2.18. The van der Waals surface area contributed by atoms with Crippen LogP contribution in [0, 0.1) is 0 Å². The maximum absolute atomic E-state index is 13.5. The summed E-state index contributed by atoms with van der Waals surface area (Å²) in [7, 11) is 0. The van der Waals surface area contributed by atoms with Crippen LogP contribution in [0.5, 0.6) is 0 Å². The average molecular weight is 550 g/mol. The SMILES string of the molecule is CCNC(=O)[C@H](Cc1ccccc1)N(Cc1ccc(Cl)cc1)C(=O)CSCc1ccc(Cl)cc1Cl. The molecule has 0 aliphatic rings. The molecule has 0 saturated carbocycles. The van der Waals surface area contributed by atoms with Crippen molar-refractivity contribution in [3.63, 3.8) is 0 Å². The molecule has 3 aromatic carbocycles. The highest BCUT2D eigenvalue weighted by Gasteiger charge is 2.30. The summed E-state index contributed by atoms with van der Waals surface area (Å²) in [5, 5.41) is 4.66. The smallest absolute Gasteiger partial charge is 0.243 e. The Morgan fingerprint density at radius 2 is 1.60 bits per heavy atom. The number of thioether (sulfide) groups is 1. The summed E-state index contributed by atoms with van der Waals surface area (Å²) < 4.78 is 0. The molecule has 2 amide bonds. The first-order valence-electron chi connectivity index (χ1n) is 11.2. The van der Waals surface area contributed by atoms with Crippen LogP contribution in [-0.4, -0.2) is 35.1 Å². The maximum Gasteiger partial charge on any atom is 0.243 e. The third-order valence-corrected chi connectivity index (χ3v) is 7.19. The van der Waals surface area contributed by atoms with Gasteiger partial charge < -0.3 is 10.2 Å². The van der Waals surface area contributed by atoms with Crippen LogP contribution in [0.2, 0.25) is 15.1 Å². The summed E-state index contributed by atoms with van der Waals surface area (Å²) in [5.41, 5.74) is 2.79. The van der Waals surface area contributed by atoms with Gasteiger partial charge >= 0.3 is 0 Å². The monoisotopic (exact) mass is 548 g/mol. The van der Waals surface area contributed by atoms with E-state index in [9.17, 15) is 9.59 Å². The highest BCUT2D eigenvalue weighted by Crippen LogP contribution is 2.25. The van der Waals surface area contributed by atoms with E-state index in [1.54, 1.807) is 29.2 Å². The largest absolute Gasteiger partial charge is 0.355 e. The fraction of sp³-hybridized carbons (Fsp3) is 0.259. The average Bonchev–Trinajstić information content (AvgIpc) is 2.84. The van der Waals surface area contributed by atoms with Crippen molar-refractivity contribution in [2.45, 2.75) is 31.7 Å². The van der Waals surface area contributed by atoms with Gasteiger partial charge in [-0.3, -0.25) is 9.59 Å². The Kier molecular flexibility index (Phi) is 10.8. The molecule has 0 heterocycles. The van der Waals surface area contributed by atoms with Crippen LogP contribution in [0.1, 0.15) is 23.6 Å². The van der Waals surface area contributed by atoms with Gasteiger partial charge in [-0.1, -0.05) is 83.3 Å². The van der Waals surface area contributed by atoms with Gasteiger partial charge in [0, 0.05) is 40.3 Å². The number of benzene rings is 3. The van der Waals surface area contributed by atoms with E-state index in [1.807, 2.05) is 55.5 Å². The number of hydrogen-bond donors (Lipinski definition) is 1. The summed E-state index contributed by atoms with van der Waals surface area (Å²) in [6, 6.07) is 21.7. The Morgan fingerprint density at radius 1 is 0.914 bits per heavy atom. The summed E-state index contributed by atoms with van der Waals surface area (Å²) in [6.45, 7) is 2.65. The normalized spacial score (nSPS) is 11.7.